The lowest BCUT2D eigenvalue weighted by Gasteiger charge is -2.37. The van der Waals surface area contributed by atoms with E-state index in [9.17, 15) is 9.59 Å². The highest BCUT2D eigenvalue weighted by Crippen LogP contribution is 2.34. The van der Waals surface area contributed by atoms with Crippen molar-refractivity contribution < 1.29 is 14.3 Å². The van der Waals surface area contributed by atoms with Crippen LogP contribution in [0.25, 0.3) is 0 Å². The van der Waals surface area contributed by atoms with Crippen LogP contribution in [0.4, 0.5) is 9.59 Å². The Balaban J connectivity index is 1.31. The Morgan fingerprint density at radius 2 is 1.69 bits per heavy atom. The molecule has 2 aromatic rings. The average molecular weight is 393 g/mol. The number of rotatable bonds is 4. The van der Waals surface area contributed by atoms with Crippen molar-refractivity contribution in [1.82, 2.24) is 15.1 Å². The van der Waals surface area contributed by atoms with Crippen molar-refractivity contribution in [2.45, 2.75) is 38.0 Å². The van der Waals surface area contributed by atoms with Gasteiger partial charge in [0.1, 0.15) is 5.60 Å². The summed E-state index contributed by atoms with van der Waals surface area (Å²) < 4.78 is 5.78. The van der Waals surface area contributed by atoms with E-state index < -0.39 is 5.60 Å². The Hall–Kier alpha value is -3.02. The van der Waals surface area contributed by atoms with Crippen LogP contribution in [0, 0.1) is 0 Å². The number of piperidine rings is 1. The summed E-state index contributed by atoms with van der Waals surface area (Å²) in [5, 5.41) is 3.06. The Morgan fingerprint density at radius 3 is 2.34 bits per heavy atom. The maximum Gasteiger partial charge on any atom is 0.410 e. The van der Waals surface area contributed by atoms with Crippen molar-refractivity contribution in [3.63, 3.8) is 0 Å². The molecule has 2 heterocycles. The van der Waals surface area contributed by atoms with Crippen molar-refractivity contribution in [2.24, 2.45) is 0 Å². The Morgan fingerprint density at radius 1 is 1.07 bits per heavy atom. The molecule has 2 aliphatic heterocycles. The third-order valence-corrected chi connectivity index (χ3v) is 5.86. The molecule has 3 amide bonds. The lowest BCUT2D eigenvalue weighted by Crippen LogP contribution is -2.51. The molecule has 1 unspecified atom stereocenters. The van der Waals surface area contributed by atoms with Gasteiger partial charge in [0.05, 0.1) is 12.6 Å². The van der Waals surface area contributed by atoms with Gasteiger partial charge in [-0.3, -0.25) is 4.90 Å². The van der Waals surface area contributed by atoms with Crippen molar-refractivity contribution in [3.8, 4) is 0 Å². The van der Waals surface area contributed by atoms with Crippen LogP contribution in [0.1, 0.15) is 36.9 Å². The number of nitrogens with one attached hydrogen (secondary N) is 1. The lowest BCUT2D eigenvalue weighted by atomic mass is 9.91. The Kier molecular flexibility index (Phi) is 5.43. The molecule has 0 bridgehead atoms. The largest absolute Gasteiger partial charge is 0.441 e. The first-order valence-corrected chi connectivity index (χ1v) is 10.2. The maximum atomic E-state index is 12.7. The monoisotopic (exact) mass is 393 g/mol. The van der Waals surface area contributed by atoms with Gasteiger partial charge in [-0.2, -0.15) is 0 Å². The van der Waals surface area contributed by atoms with Gasteiger partial charge in [0, 0.05) is 32.5 Å². The second kappa shape index (κ2) is 8.15. The summed E-state index contributed by atoms with van der Waals surface area (Å²) in [5.41, 5.74) is 1.69. The summed E-state index contributed by atoms with van der Waals surface area (Å²) in [6, 6.07) is 19.7. The molecule has 29 heavy (non-hydrogen) atoms. The third kappa shape index (κ3) is 4.36. The molecular formula is C23H27N3O3. The van der Waals surface area contributed by atoms with Crippen molar-refractivity contribution in [2.75, 3.05) is 19.6 Å². The number of urea groups is 1. The van der Waals surface area contributed by atoms with Gasteiger partial charge in [0.2, 0.25) is 0 Å². The molecule has 1 spiro atoms. The van der Waals surface area contributed by atoms with Crippen molar-refractivity contribution >= 4 is 12.1 Å². The summed E-state index contributed by atoms with van der Waals surface area (Å²) in [6.45, 7) is 4.29. The van der Waals surface area contributed by atoms with Crippen LogP contribution in [0.5, 0.6) is 0 Å². The quantitative estimate of drug-likeness (QED) is 0.856. The second-order valence-electron chi connectivity index (χ2n) is 7.96. The summed E-state index contributed by atoms with van der Waals surface area (Å²) in [6.07, 6.45) is 1.07. The first-order valence-electron chi connectivity index (χ1n) is 10.2. The fraction of sp³-hybridized carbons (Fsp3) is 0.391. The number of hydrogen-bond acceptors (Lipinski definition) is 3. The van der Waals surface area contributed by atoms with Gasteiger partial charge in [0.25, 0.3) is 0 Å². The minimum atomic E-state index is -0.478. The van der Waals surface area contributed by atoms with Gasteiger partial charge in [-0.1, -0.05) is 60.7 Å². The number of amides is 3. The Labute approximate surface area is 171 Å². The van der Waals surface area contributed by atoms with Crippen LogP contribution in [0.3, 0.4) is 0 Å². The number of carbonyl (C=O) groups excluding carboxylic acids is 2. The highest BCUT2D eigenvalue weighted by molar-refractivity contribution is 5.75. The van der Waals surface area contributed by atoms with Crippen LogP contribution in [-0.2, 0) is 11.3 Å². The topological polar surface area (TPSA) is 61.9 Å². The SMILES string of the molecule is CC(NC(=O)N1CCC2(CC1)CN(Cc1ccccc1)C(=O)O2)c1ccccc1. The van der Waals surface area contributed by atoms with E-state index in [0.29, 0.717) is 39.0 Å². The van der Waals surface area contributed by atoms with Crippen LogP contribution in [-0.4, -0.2) is 47.2 Å². The number of carbonyl (C=O) groups is 2. The molecule has 6 heteroatoms. The van der Waals surface area contributed by atoms with E-state index in [1.165, 1.54) is 0 Å². The molecule has 2 aromatic carbocycles. The number of likely N-dealkylation sites (tertiary alicyclic amines) is 1. The molecule has 0 aliphatic carbocycles. The zero-order chi connectivity index (χ0) is 20.3. The standard InChI is InChI=1S/C23H27N3O3/c1-18(20-10-6-3-7-11-20)24-21(27)25-14-12-23(13-15-25)17-26(22(28)29-23)16-19-8-4-2-5-9-19/h2-11,18H,12-17H2,1H3,(H,24,27). The van der Waals surface area contributed by atoms with Gasteiger partial charge < -0.3 is 15.0 Å². The van der Waals surface area contributed by atoms with E-state index in [4.69, 9.17) is 4.74 Å². The molecule has 2 saturated heterocycles. The third-order valence-electron chi connectivity index (χ3n) is 5.86. The van der Waals surface area contributed by atoms with Crippen LogP contribution >= 0.6 is 0 Å². The molecule has 1 atom stereocenters. The molecule has 2 aliphatic rings. The van der Waals surface area contributed by atoms with Crippen LogP contribution in [0.2, 0.25) is 0 Å². The summed E-state index contributed by atoms with van der Waals surface area (Å²) in [4.78, 5) is 28.6. The number of ether oxygens (including phenoxy) is 1. The first-order chi connectivity index (χ1) is 14.0. The minimum Gasteiger partial charge on any atom is -0.441 e. The highest BCUT2D eigenvalue weighted by atomic mass is 16.6. The molecule has 152 valence electrons. The Bertz CT molecular complexity index is 848. The molecule has 0 saturated carbocycles. The molecule has 0 radical (unpaired) electrons. The second-order valence-corrected chi connectivity index (χ2v) is 7.96. The number of nitrogens with zero attached hydrogens (tertiary/aromatic N) is 2. The summed E-state index contributed by atoms with van der Waals surface area (Å²) in [5.74, 6) is 0. The van der Waals surface area contributed by atoms with Crippen molar-refractivity contribution in [3.05, 3.63) is 71.8 Å². The maximum absolute atomic E-state index is 12.7. The van der Waals surface area contributed by atoms with E-state index in [1.807, 2.05) is 72.5 Å². The fourth-order valence-electron chi connectivity index (χ4n) is 4.10. The minimum absolute atomic E-state index is 0.0507. The molecule has 6 nitrogen and oxygen atoms in total. The molecule has 0 aromatic heterocycles. The van der Waals surface area contributed by atoms with E-state index in [1.54, 1.807) is 4.90 Å². The van der Waals surface area contributed by atoms with Gasteiger partial charge >= 0.3 is 12.1 Å². The molecule has 2 fully saturated rings. The predicted molar refractivity (Wildman–Crippen MR) is 110 cm³/mol. The lowest BCUT2D eigenvalue weighted by molar-refractivity contribution is 0.00943. The molecule has 1 N–H and O–H groups in total. The number of hydrogen-bond donors (Lipinski definition) is 1. The molecule has 4 rings (SSSR count). The van der Waals surface area contributed by atoms with E-state index in [-0.39, 0.29) is 18.2 Å². The van der Waals surface area contributed by atoms with Crippen molar-refractivity contribution in [1.29, 1.82) is 0 Å². The predicted octanol–water partition coefficient (Wildman–Crippen LogP) is 3.94. The van der Waals surface area contributed by atoms with E-state index >= 15 is 0 Å². The normalized spacial score (nSPS) is 19.1. The highest BCUT2D eigenvalue weighted by Gasteiger charge is 2.47. The van der Waals surface area contributed by atoms with E-state index in [2.05, 4.69) is 5.32 Å². The summed E-state index contributed by atoms with van der Waals surface area (Å²) in [7, 11) is 0. The smallest absolute Gasteiger partial charge is 0.410 e. The zero-order valence-corrected chi connectivity index (χ0v) is 16.7. The van der Waals surface area contributed by atoms with Crippen LogP contribution in [0.15, 0.2) is 60.7 Å². The van der Waals surface area contributed by atoms with E-state index in [0.717, 1.165) is 11.1 Å². The zero-order valence-electron chi connectivity index (χ0n) is 16.7. The first kappa shape index (κ1) is 19.3. The average Bonchev–Trinajstić information content (AvgIpc) is 3.04. The van der Waals surface area contributed by atoms with Crippen LogP contribution < -0.4 is 5.32 Å². The van der Waals surface area contributed by atoms with Gasteiger partial charge in [0.15, 0.2) is 0 Å². The fourth-order valence-corrected chi connectivity index (χ4v) is 4.10. The summed E-state index contributed by atoms with van der Waals surface area (Å²) >= 11 is 0. The van der Waals surface area contributed by atoms with Gasteiger partial charge in [-0.15, -0.1) is 0 Å². The van der Waals surface area contributed by atoms with Gasteiger partial charge in [-0.05, 0) is 18.1 Å². The van der Waals surface area contributed by atoms with Gasteiger partial charge in [-0.25, -0.2) is 9.59 Å². The molecular weight excluding hydrogens is 366 g/mol. The number of benzene rings is 2.